The summed E-state index contributed by atoms with van der Waals surface area (Å²) in [7, 11) is 0. The topological polar surface area (TPSA) is 38.1 Å². The third-order valence-electron chi connectivity index (χ3n) is 2.94. The van der Waals surface area contributed by atoms with Crippen LogP contribution in [0, 0.1) is 12.7 Å². The molecule has 0 aliphatic heterocycles. The SMILES string of the molecule is Cc1cnc(C(C)NC(C)c2ccc(Br)cc2F)o1. The third kappa shape index (κ3) is 3.42. The quantitative estimate of drug-likeness (QED) is 0.910. The molecule has 0 aliphatic carbocycles. The minimum absolute atomic E-state index is 0.0771. The van der Waals surface area contributed by atoms with E-state index in [1.165, 1.54) is 6.07 Å². The van der Waals surface area contributed by atoms with Crippen molar-refractivity contribution in [3.05, 3.63) is 51.9 Å². The largest absolute Gasteiger partial charge is 0.444 e. The lowest BCUT2D eigenvalue weighted by atomic mass is 10.1. The number of hydrogen-bond acceptors (Lipinski definition) is 3. The van der Waals surface area contributed by atoms with Crippen molar-refractivity contribution in [2.45, 2.75) is 32.9 Å². The second kappa shape index (κ2) is 5.84. The minimum Gasteiger partial charge on any atom is -0.444 e. The first kappa shape index (κ1) is 14.2. The van der Waals surface area contributed by atoms with Crippen molar-refractivity contribution in [3.8, 4) is 0 Å². The number of benzene rings is 1. The summed E-state index contributed by atoms with van der Waals surface area (Å²) >= 11 is 3.25. The van der Waals surface area contributed by atoms with Crippen LogP contribution in [0.3, 0.4) is 0 Å². The summed E-state index contributed by atoms with van der Waals surface area (Å²) in [6.45, 7) is 5.71. The van der Waals surface area contributed by atoms with Gasteiger partial charge in [0, 0.05) is 16.1 Å². The molecule has 1 aromatic heterocycles. The molecule has 2 rings (SSSR count). The van der Waals surface area contributed by atoms with Gasteiger partial charge in [0.25, 0.3) is 0 Å². The van der Waals surface area contributed by atoms with Crippen molar-refractivity contribution in [3.63, 3.8) is 0 Å². The van der Waals surface area contributed by atoms with Gasteiger partial charge in [-0.1, -0.05) is 22.0 Å². The van der Waals surface area contributed by atoms with Crippen LogP contribution in [-0.2, 0) is 0 Å². The molecule has 0 bridgehead atoms. The summed E-state index contributed by atoms with van der Waals surface area (Å²) in [6.07, 6.45) is 1.68. The summed E-state index contributed by atoms with van der Waals surface area (Å²) < 4.78 is 20.0. The van der Waals surface area contributed by atoms with Crippen LogP contribution in [0.1, 0.15) is 43.1 Å². The molecule has 3 nitrogen and oxygen atoms in total. The number of rotatable bonds is 4. The van der Waals surface area contributed by atoms with E-state index in [1.807, 2.05) is 26.8 Å². The molecule has 2 unspecified atom stereocenters. The van der Waals surface area contributed by atoms with Crippen molar-refractivity contribution in [1.82, 2.24) is 10.3 Å². The summed E-state index contributed by atoms with van der Waals surface area (Å²) in [5.74, 6) is 1.15. The monoisotopic (exact) mass is 326 g/mol. The number of halogens is 2. The fraction of sp³-hybridized carbons (Fsp3) is 0.357. The van der Waals surface area contributed by atoms with Gasteiger partial charge in [-0.2, -0.15) is 0 Å². The van der Waals surface area contributed by atoms with E-state index in [4.69, 9.17) is 4.42 Å². The highest BCUT2D eigenvalue weighted by molar-refractivity contribution is 9.10. The van der Waals surface area contributed by atoms with Gasteiger partial charge >= 0.3 is 0 Å². The highest BCUT2D eigenvalue weighted by atomic mass is 79.9. The molecule has 0 spiro atoms. The fourth-order valence-electron chi connectivity index (χ4n) is 1.96. The Bertz CT molecular complexity index is 570. The molecule has 5 heteroatoms. The summed E-state index contributed by atoms with van der Waals surface area (Å²) in [5, 5.41) is 3.27. The Balaban J connectivity index is 2.10. The molecule has 19 heavy (non-hydrogen) atoms. The zero-order chi connectivity index (χ0) is 14.0. The Morgan fingerprint density at radius 3 is 2.63 bits per heavy atom. The lowest BCUT2D eigenvalue weighted by Crippen LogP contribution is -2.23. The van der Waals surface area contributed by atoms with E-state index in [0.29, 0.717) is 11.5 Å². The van der Waals surface area contributed by atoms with Gasteiger partial charge in [0.1, 0.15) is 11.6 Å². The molecule has 0 amide bonds. The maximum absolute atomic E-state index is 13.8. The average Bonchev–Trinajstić information content (AvgIpc) is 2.75. The Kier molecular flexibility index (Phi) is 4.37. The van der Waals surface area contributed by atoms with Gasteiger partial charge in [-0.05, 0) is 32.9 Å². The van der Waals surface area contributed by atoms with E-state index in [-0.39, 0.29) is 17.9 Å². The Labute approximate surface area is 120 Å². The average molecular weight is 327 g/mol. The van der Waals surface area contributed by atoms with Gasteiger partial charge in [-0.3, -0.25) is 5.32 Å². The predicted molar refractivity (Wildman–Crippen MR) is 75.3 cm³/mol. The molecule has 0 aliphatic rings. The molecular weight excluding hydrogens is 311 g/mol. The van der Waals surface area contributed by atoms with Gasteiger partial charge in [0.2, 0.25) is 5.89 Å². The van der Waals surface area contributed by atoms with E-state index < -0.39 is 0 Å². The summed E-state index contributed by atoms with van der Waals surface area (Å²) in [6, 6.07) is 4.86. The van der Waals surface area contributed by atoms with E-state index in [0.717, 1.165) is 10.2 Å². The lowest BCUT2D eigenvalue weighted by molar-refractivity contribution is 0.376. The van der Waals surface area contributed by atoms with Crippen LogP contribution in [0.2, 0.25) is 0 Å². The van der Waals surface area contributed by atoms with Crippen molar-refractivity contribution < 1.29 is 8.81 Å². The maximum atomic E-state index is 13.8. The molecule has 0 saturated carbocycles. The van der Waals surface area contributed by atoms with Crippen LogP contribution < -0.4 is 5.32 Å². The molecule has 102 valence electrons. The number of oxazole rings is 1. The van der Waals surface area contributed by atoms with Crippen LogP contribution in [0.5, 0.6) is 0 Å². The maximum Gasteiger partial charge on any atom is 0.211 e. The van der Waals surface area contributed by atoms with E-state index >= 15 is 0 Å². The van der Waals surface area contributed by atoms with E-state index in [9.17, 15) is 4.39 Å². The van der Waals surface area contributed by atoms with Crippen molar-refractivity contribution in [1.29, 1.82) is 0 Å². The van der Waals surface area contributed by atoms with E-state index in [1.54, 1.807) is 12.3 Å². The normalized spacial score (nSPS) is 14.4. The number of aryl methyl sites for hydroxylation is 1. The van der Waals surface area contributed by atoms with Gasteiger partial charge in [0.05, 0.1) is 12.2 Å². The van der Waals surface area contributed by atoms with Crippen molar-refractivity contribution >= 4 is 15.9 Å². The lowest BCUT2D eigenvalue weighted by Gasteiger charge is -2.18. The van der Waals surface area contributed by atoms with Gasteiger partial charge in [-0.15, -0.1) is 0 Å². The number of hydrogen-bond donors (Lipinski definition) is 1. The van der Waals surface area contributed by atoms with Crippen LogP contribution >= 0.6 is 15.9 Å². The van der Waals surface area contributed by atoms with E-state index in [2.05, 4.69) is 26.2 Å². The summed E-state index contributed by atoms with van der Waals surface area (Å²) in [4.78, 5) is 4.17. The second-order valence-electron chi connectivity index (χ2n) is 4.59. The van der Waals surface area contributed by atoms with Crippen LogP contribution in [0.4, 0.5) is 4.39 Å². The highest BCUT2D eigenvalue weighted by Crippen LogP contribution is 2.23. The van der Waals surface area contributed by atoms with Crippen LogP contribution in [0.15, 0.2) is 33.3 Å². The van der Waals surface area contributed by atoms with Crippen molar-refractivity contribution in [2.24, 2.45) is 0 Å². The van der Waals surface area contributed by atoms with Gasteiger partial charge in [0.15, 0.2) is 0 Å². The zero-order valence-electron chi connectivity index (χ0n) is 11.1. The fourth-order valence-corrected chi connectivity index (χ4v) is 2.29. The first-order valence-electron chi connectivity index (χ1n) is 6.10. The van der Waals surface area contributed by atoms with Gasteiger partial charge in [-0.25, -0.2) is 9.37 Å². The molecular formula is C14H16BrFN2O. The van der Waals surface area contributed by atoms with Crippen molar-refractivity contribution in [2.75, 3.05) is 0 Å². The second-order valence-corrected chi connectivity index (χ2v) is 5.50. The molecule has 1 N–H and O–H groups in total. The number of nitrogens with zero attached hydrogens (tertiary/aromatic N) is 1. The smallest absolute Gasteiger partial charge is 0.211 e. The number of nitrogens with one attached hydrogen (secondary N) is 1. The molecule has 1 aromatic carbocycles. The highest BCUT2D eigenvalue weighted by Gasteiger charge is 2.17. The Hall–Kier alpha value is -1.20. The molecule has 0 radical (unpaired) electrons. The third-order valence-corrected chi connectivity index (χ3v) is 3.43. The first-order chi connectivity index (χ1) is 8.97. The predicted octanol–water partition coefficient (Wildman–Crippen LogP) is 4.30. The van der Waals surface area contributed by atoms with Crippen LogP contribution in [0.25, 0.3) is 0 Å². The molecule has 2 aromatic rings. The Morgan fingerprint density at radius 2 is 2.05 bits per heavy atom. The molecule has 0 fully saturated rings. The molecule has 1 heterocycles. The van der Waals surface area contributed by atoms with Crippen LogP contribution in [-0.4, -0.2) is 4.98 Å². The Morgan fingerprint density at radius 1 is 1.32 bits per heavy atom. The molecule has 2 atom stereocenters. The zero-order valence-corrected chi connectivity index (χ0v) is 12.7. The minimum atomic E-state index is -0.231. The number of aromatic nitrogens is 1. The summed E-state index contributed by atoms with van der Waals surface area (Å²) in [5.41, 5.74) is 0.623. The molecule has 0 saturated heterocycles. The standard InChI is InChI=1S/C14H16BrFN2O/c1-8-7-17-14(19-8)10(3)18-9(2)12-5-4-11(15)6-13(12)16/h4-7,9-10,18H,1-3H3. The van der Waals surface area contributed by atoms with Gasteiger partial charge < -0.3 is 4.42 Å². The first-order valence-corrected chi connectivity index (χ1v) is 6.90.